The first kappa shape index (κ1) is 83.7. The number of rotatable bonds is 46. The van der Waals surface area contributed by atoms with E-state index in [1.54, 1.807) is 45.3 Å². The maximum absolute atomic E-state index is 15.7. The average Bonchev–Trinajstić information content (AvgIpc) is 1.56. The summed E-state index contributed by atoms with van der Waals surface area (Å²) in [6.45, 7) is 39.6. The molecule has 4 aliphatic heterocycles. The van der Waals surface area contributed by atoms with Gasteiger partial charge in [-0.3, -0.25) is 19.2 Å². The topological polar surface area (TPSA) is 81.2 Å². The molecule has 0 N–H and O–H groups in total. The van der Waals surface area contributed by atoms with Crippen LogP contribution in [0.2, 0.25) is 0 Å². The molecule has 0 bridgehead atoms. The minimum absolute atomic E-state index is 0.0324. The molecule has 7 aromatic rings. The summed E-state index contributed by atoms with van der Waals surface area (Å²) >= 11 is 10.6. The van der Waals surface area contributed by atoms with E-state index in [4.69, 9.17) is 0 Å². The maximum Gasteiger partial charge on any atom is 0.261 e. The van der Waals surface area contributed by atoms with Crippen LogP contribution in [0.3, 0.4) is 0 Å². The van der Waals surface area contributed by atoms with Crippen LogP contribution in [-0.2, 0) is 32.0 Å². The van der Waals surface area contributed by atoms with Gasteiger partial charge in [0.15, 0.2) is 0 Å². The van der Waals surface area contributed by atoms with Crippen LogP contribution in [0.25, 0.3) is 62.5 Å². The zero-order valence-electron chi connectivity index (χ0n) is 68.8. The minimum atomic E-state index is -0.0324. The van der Waals surface area contributed by atoms with E-state index in [1.807, 2.05) is 42.3 Å². The van der Waals surface area contributed by atoms with E-state index < -0.39 is 0 Å². The van der Waals surface area contributed by atoms with Crippen LogP contribution in [-0.4, -0.2) is 69.4 Å². The van der Waals surface area contributed by atoms with Gasteiger partial charge in [-0.1, -0.05) is 251 Å². The molecular weight excluding hydrogens is 1440 g/mol. The highest BCUT2D eigenvalue weighted by Crippen LogP contribution is 2.55. The second-order valence-electron chi connectivity index (χ2n) is 34.8. The second-order valence-corrected chi connectivity index (χ2v) is 41.0. The Morgan fingerprint density at radius 3 is 0.880 bits per heavy atom. The molecule has 8 nitrogen and oxygen atoms in total. The Labute approximate surface area is 675 Å². The average molecular weight is 1570 g/mol. The van der Waals surface area contributed by atoms with Crippen molar-refractivity contribution in [1.82, 2.24) is 19.6 Å². The molecule has 10 heterocycles. The Morgan fingerprint density at radius 1 is 0.315 bits per heavy atom. The number of benzene rings is 1. The van der Waals surface area contributed by atoms with Crippen LogP contribution >= 0.6 is 68.0 Å². The number of fused-ring (bicyclic) bond motifs is 5. The standard InChI is InChI=1S/C94H130N4O4S6/c1-17-21-37-67(19-3)55-69-70(56-68(20-4)38-22-18-2)72-58-80(74-42-44-78(106-74)88-84-82(92(100)98(88)52-48-66(16)36-26-32-62(11)12)86(76-40-28-54-104-76)96(94(84)102)50-46-64(14)34-24-30-60(7)8)108-90(72)89-71(69)57-79(107-89)73-41-43-77(105-73)87-83-81(91(99)97(87)51-47-65(15)35-25-31-61(9)10)85(75-39-27-53-103-75)95(93(83)101)49-45-63(13)33-23-29-59(5)6/h27-28,39-44,53-54,57-68H,17-26,29-38,45-52,55-56H2,1-16H3. The van der Waals surface area contributed by atoms with Crippen LogP contribution in [0.1, 0.15) is 296 Å². The fourth-order valence-corrected chi connectivity index (χ4v) is 23.6. The predicted molar refractivity (Wildman–Crippen MR) is 471 cm³/mol. The molecule has 0 saturated carbocycles. The van der Waals surface area contributed by atoms with E-state index >= 15 is 19.2 Å². The molecule has 108 heavy (non-hydrogen) atoms. The Morgan fingerprint density at radius 2 is 0.611 bits per heavy atom. The monoisotopic (exact) mass is 1570 g/mol. The van der Waals surface area contributed by atoms with Gasteiger partial charge in [0.2, 0.25) is 0 Å². The lowest BCUT2D eigenvalue weighted by atomic mass is 9.83. The van der Waals surface area contributed by atoms with E-state index in [0.717, 1.165) is 129 Å². The Kier molecular flexibility index (Phi) is 30.2. The molecule has 14 heteroatoms. The molecule has 4 amide bonds. The summed E-state index contributed by atoms with van der Waals surface area (Å²) in [4.78, 5) is 79.4. The number of carbonyl (C=O) groups excluding carboxylic acids is 4. The first-order chi connectivity index (χ1) is 52.0. The first-order valence-electron chi connectivity index (χ1n) is 42.6. The molecule has 4 aliphatic rings. The highest BCUT2D eigenvalue weighted by molar-refractivity contribution is 7.32. The molecule has 0 spiro atoms. The largest absolute Gasteiger partial charge is 0.306 e. The van der Waals surface area contributed by atoms with Crippen LogP contribution < -0.4 is 0 Å². The maximum atomic E-state index is 15.7. The van der Waals surface area contributed by atoms with Crippen molar-refractivity contribution in [2.45, 2.75) is 278 Å². The van der Waals surface area contributed by atoms with Crippen molar-refractivity contribution in [3.05, 3.63) is 124 Å². The lowest BCUT2D eigenvalue weighted by Gasteiger charge is -2.26. The third-order valence-corrected chi connectivity index (χ3v) is 30.9. The highest BCUT2D eigenvalue weighted by Gasteiger charge is 2.51. The quantitative estimate of drug-likeness (QED) is 0.0381. The van der Waals surface area contributed by atoms with Gasteiger partial charge in [-0.15, -0.1) is 68.0 Å². The van der Waals surface area contributed by atoms with Crippen LogP contribution in [0.15, 0.2) is 93.7 Å². The fraction of sp³-hybridized carbons (Fsp3) is 0.596. The first-order valence-corrected chi connectivity index (χ1v) is 47.6. The molecule has 11 rings (SSSR count). The summed E-state index contributed by atoms with van der Waals surface area (Å²) in [6, 6.07) is 22.5. The molecular formula is C94H130N4O4S6. The minimum Gasteiger partial charge on any atom is -0.306 e. The highest BCUT2D eigenvalue weighted by atomic mass is 32.1. The van der Waals surface area contributed by atoms with E-state index in [-0.39, 0.29) is 23.6 Å². The zero-order chi connectivity index (χ0) is 77.0. The third kappa shape index (κ3) is 19.5. The van der Waals surface area contributed by atoms with E-state index in [9.17, 15) is 0 Å². The van der Waals surface area contributed by atoms with Crippen molar-refractivity contribution < 1.29 is 19.2 Å². The van der Waals surface area contributed by atoms with Gasteiger partial charge in [0, 0.05) is 45.7 Å². The number of carbonyl (C=O) groups is 4. The van der Waals surface area contributed by atoms with Gasteiger partial charge in [0.1, 0.15) is 0 Å². The lowest BCUT2D eigenvalue weighted by Crippen LogP contribution is -2.31. The summed E-state index contributed by atoms with van der Waals surface area (Å²) in [5.41, 5.74) is 8.61. The van der Waals surface area contributed by atoms with Gasteiger partial charge < -0.3 is 19.6 Å². The summed E-state index contributed by atoms with van der Waals surface area (Å²) in [5, 5.41) is 6.92. The predicted octanol–water partition coefficient (Wildman–Crippen LogP) is 28.2. The van der Waals surface area contributed by atoms with Crippen LogP contribution in [0.5, 0.6) is 0 Å². The Bertz CT molecular complexity index is 4040. The number of thiophene rings is 6. The van der Waals surface area contributed by atoms with Crippen LogP contribution in [0.4, 0.5) is 0 Å². The number of hydrogen-bond acceptors (Lipinski definition) is 10. The van der Waals surface area contributed by atoms with E-state index in [2.05, 4.69) is 182 Å². The molecule has 1 aromatic carbocycles. The molecule has 0 fully saturated rings. The number of hydrogen-bond donors (Lipinski definition) is 0. The zero-order valence-corrected chi connectivity index (χ0v) is 73.7. The van der Waals surface area contributed by atoms with Crippen molar-refractivity contribution in [1.29, 1.82) is 0 Å². The van der Waals surface area contributed by atoms with Crippen molar-refractivity contribution in [3.8, 4) is 19.5 Å². The summed E-state index contributed by atoms with van der Waals surface area (Å²) < 4.78 is 2.68. The van der Waals surface area contributed by atoms with Crippen molar-refractivity contribution >= 4 is 135 Å². The fourth-order valence-electron chi connectivity index (χ4n) is 17.2. The van der Waals surface area contributed by atoms with Gasteiger partial charge in [-0.25, -0.2) is 0 Å². The van der Waals surface area contributed by atoms with E-state index in [1.165, 1.54) is 131 Å². The van der Waals surface area contributed by atoms with Crippen molar-refractivity contribution in [2.75, 3.05) is 26.2 Å². The van der Waals surface area contributed by atoms with Crippen LogP contribution in [0, 0.1) is 59.2 Å². The number of nitrogens with zero attached hydrogens (tertiary/aromatic N) is 4. The second kappa shape index (κ2) is 39.0. The Balaban J connectivity index is 1.04. The van der Waals surface area contributed by atoms with E-state index in [0.29, 0.717) is 108 Å². The van der Waals surface area contributed by atoms with Gasteiger partial charge in [0.05, 0.1) is 74.0 Å². The summed E-state index contributed by atoms with van der Waals surface area (Å²) in [5.74, 6) is 5.38. The van der Waals surface area contributed by atoms with Gasteiger partial charge in [-0.05, 0) is 179 Å². The molecule has 0 aliphatic carbocycles. The number of unbranched alkanes of at least 4 members (excludes halogenated alkanes) is 2. The summed E-state index contributed by atoms with van der Waals surface area (Å²) in [6.07, 6.45) is 29.0. The SMILES string of the molecule is CCCCC(CC)Cc1c(CC(CC)CCCC)c2cc(-c3ccc(C4=C5C(=O)N(CCC(C)CCCC(C)C)C(c6cccs6)=C5C(=O)N4CCC(C)CCCC(C)C)s3)sc2c2sc(-c3ccc(C4=C5C(=O)N(CCC(C)CCCC(C)C)C(c6cccs6)=C5C(=O)N4CCC(C)CCCC(C)C)s3)cc12. The molecule has 0 saturated heterocycles. The van der Waals surface area contributed by atoms with Gasteiger partial charge in [0.25, 0.3) is 23.6 Å². The normalized spacial score (nSPS) is 16.9. The third-order valence-electron chi connectivity index (χ3n) is 24.1. The van der Waals surface area contributed by atoms with Crippen molar-refractivity contribution in [3.63, 3.8) is 0 Å². The molecule has 6 aromatic heterocycles. The summed E-state index contributed by atoms with van der Waals surface area (Å²) in [7, 11) is 0. The molecule has 6 unspecified atom stereocenters. The Hall–Kier alpha value is -5.22. The molecule has 6 atom stereocenters. The smallest absolute Gasteiger partial charge is 0.261 e. The van der Waals surface area contributed by atoms with Gasteiger partial charge in [-0.2, -0.15) is 0 Å². The number of amides is 4. The molecule has 0 radical (unpaired) electrons. The lowest BCUT2D eigenvalue weighted by molar-refractivity contribution is -0.124. The van der Waals surface area contributed by atoms with Crippen molar-refractivity contribution in [2.24, 2.45) is 59.2 Å². The van der Waals surface area contributed by atoms with Gasteiger partial charge >= 0.3 is 0 Å². The molecule has 586 valence electrons.